The summed E-state index contributed by atoms with van der Waals surface area (Å²) in [5.41, 5.74) is 14.9. The fourth-order valence-corrected chi connectivity index (χ4v) is 7.39. The molecule has 240 valence electrons. The van der Waals surface area contributed by atoms with Crippen LogP contribution in [0.4, 0.5) is 28.4 Å². The monoisotopic (exact) mass is 627 g/mol. The van der Waals surface area contributed by atoms with Crippen molar-refractivity contribution in [1.29, 1.82) is 0 Å². The van der Waals surface area contributed by atoms with Gasteiger partial charge in [-0.2, -0.15) is 11.9 Å². The molecule has 48 heavy (non-hydrogen) atoms. The smallest absolute Gasteiger partial charge is 0.126 e. The van der Waals surface area contributed by atoms with Crippen molar-refractivity contribution in [2.75, 3.05) is 21.7 Å². The third-order valence-corrected chi connectivity index (χ3v) is 10.0. The molecule has 5 nitrogen and oxygen atoms in total. The topological polar surface area (TPSA) is 46.7 Å². The van der Waals surface area contributed by atoms with Crippen molar-refractivity contribution >= 4 is 28.4 Å². The van der Waals surface area contributed by atoms with Gasteiger partial charge in [-0.05, 0) is 98.7 Å². The molecular formula is C43H41N5-2. The van der Waals surface area contributed by atoms with Gasteiger partial charge in [0.2, 0.25) is 0 Å². The maximum atomic E-state index is 5.07. The van der Waals surface area contributed by atoms with Crippen molar-refractivity contribution in [2.24, 2.45) is 0 Å². The molecule has 2 heterocycles. The van der Waals surface area contributed by atoms with E-state index < -0.39 is 0 Å². The average Bonchev–Trinajstić information content (AvgIpc) is 3.54. The van der Waals surface area contributed by atoms with Gasteiger partial charge in [-0.1, -0.05) is 96.1 Å². The first-order chi connectivity index (χ1) is 23.6. The molecular weight excluding hydrogens is 587 g/mol. The molecule has 8 rings (SSSR count). The number of allylic oxidation sites excluding steroid dienone is 6. The summed E-state index contributed by atoms with van der Waals surface area (Å²) in [5, 5.41) is 13.9. The molecule has 0 fully saturated rings. The quantitative estimate of drug-likeness (QED) is 0.222. The highest BCUT2D eigenvalue weighted by Gasteiger charge is 2.32. The van der Waals surface area contributed by atoms with Crippen molar-refractivity contribution in [3.05, 3.63) is 184 Å². The molecule has 0 saturated carbocycles. The third-order valence-electron chi connectivity index (χ3n) is 10.0. The van der Waals surface area contributed by atoms with Crippen LogP contribution in [0.3, 0.4) is 0 Å². The van der Waals surface area contributed by atoms with Crippen LogP contribution in [0.25, 0.3) is 10.6 Å². The SMILES string of the molecule is Cc1ccccc1N(C1=CC=C(C2=C[N-]C(C3=CC=C(C4Nc5ccccc5N4c4ccccc4)CC3)C[N-]2)CC1)c1ccccc1C. The van der Waals surface area contributed by atoms with Gasteiger partial charge >= 0.3 is 0 Å². The van der Waals surface area contributed by atoms with E-state index in [0.717, 1.165) is 31.4 Å². The summed E-state index contributed by atoms with van der Waals surface area (Å²) < 4.78 is 0. The number of nitrogens with one attached hydrogen (secondary N) is 1. The Hall–Kier alpha value is -5.42. The third kappa shape index (κ3) is 5.70. The second-order valence-electron chi connectivity index (χ2n) is 13.0. The second kappa shape index (κ2) is 13.0. The predicted octanol–water partition coefficient (Wildman–Crippen LogP) is 11.3. The fraction of sp³-hybridized carbons (Fsp3) is 0.209. The summed E-state index contributed by atoms with van der Waals surface area (Å²) >= 11 is 0. The summed E-state index contributed by atoms with van der Waals surface area (Å²) in [5.74, 6) is 0. The van der Waals surface area contributed by atoms with Crippen LogP contribution < -0.4 is 15.1 Å². The summed E-state index contributed by atoms with van der Waals surface area (Å²) in [6, 6.07) is 36.7. The van der Waals surface area contributed by atoms with Gasteiger partial charge < -0.3 is 25.8 Å². The normalized spacial score (nSPS) is 20.1. The molecule has 4 aromatic rings. The lowest BCUT2D eigenvalue weighted by Gasteiger charge is -2.48. The highest BCUT2D eigenvalue weighted by Crippen LogP contribution is 2.44. The number of anilines is 5. The van der Waals surface area contributed by atoms with Crippen LogP contribution in [0, 0.1) is 13.8 Å². The van der Waals surface area contributed by atoms with Gasteiger partial charge in [0.15, 0.2) is 0 Å². The zero-order chi connectivity index (χ0) is 32.5. The van der Waals surface area contributed by atoms with Crippen LogP contribution in [-0.2, 0) is 0 Å². The highest BCUT2D eigenvalue weighted by atomic mass is 15.3. The molecule has 0 saturated heterocycles. The van der Waals surface area contributed by atoms with Gasteiger partial charge in [0.1, 0.15) is 6.17 Å². The zero-order valence-electron chi connectivity index (χ0n) is 27.7. The number of nitrogens with zero attached hydrogens (tertiary/aromatic N) is 4. The van der Waals surface area contributed by atoms with E-state index in [1.165, 1.54) is 62.0 Å². The Bertz CT molecular complexity index is 1940. The molecule has 2 atom stereocenters. The van der Waals surface area contributed by atoms with Gasteiger partial charge in [0.05, 0.1) is 11.4 Å². The van der Waals surface area contributed by atoms with E-state index in [1.54, 1.807) is 0 Å². The Labute approximate surface area is 284 Å². The minimum atomic E-state index is 0.103. The first kappa shape index (κ1) is 29.9. The van der Waals surface area contributed by atoms with Crippen molar-refractivity contribution in [2.45, 2.75) is 51.7 Å². The molecule has 1 N–H and O–H groups in total. The van der Waals surface area contributed by atoms with Crippen molar-refractivity contribution in [3.8, 4) is 0 Å². The van der Waals surface area contributed by atoms with Crippen molar-refractivity contribution in [3.63, 3.8) is 0 Å². The lowest BCUT2D eigenvalue weighted by molar-refractivity contribution is 0.735. The maximum Gasteiger partial charge on any atom is 0.126 e. The Morgan fingerprint density at radius 1 is 0.667 bits per heavy atom. The van der Waals surface area contributed by atoms with Gasteiger partial charge in [-0.15, -0.1) is 12.6 Å². The van der Waals surface area contributed by atoms with Gasteiger partial charge in [0.25, 0.3) is 0 Å². The first-order valence-corrected chi connectivity index (χ1v) is 17.1. The predicted molar refractivity (Wildman–Crippen MR) is 201 cm³/mol. The Morgan fingerprint density at radius 3 is 1.98 bits per heavy atom. The fourth-order valence-electron chi connectivity index (χ4n) is 7.39. The molecule has 0 amide bonds. The molecule has 4 aromatic carbocycles. The van der Waals surface area contributed by atoms with E-state index >= 15 is 0 Å². The van der Waals surface area contributed by atoms with E-state index in [0.29, 0.717) is 6.54 Å². The summed E-state index contributed by atoms with van der Waals surface area (Å²) in [6.07, 6.45) is 15.2. The summed E-state index contributed by atoms with van der Waals surface area (Å²) in [7, 11) is 0. The van der Waals surface area contributed by atoms with E-state index in [1.807, 2.05) is 6.20 Å². The van der Waals surface area contributed by atoms with Gasteiger partial charge in [-0.25, -0.2) is 0 Å². The van der Waals surface area contributed by atoms with E-state index in [9.17, 15) is 0 Å². The highest BCUT2D eigenvalue weighted by molar-refractivity contribution is 5.84. The van der Waals surface area contributed by atoms with Crippen LogP contribution in [0.2, 0.25) is 0 Å². The molecule has 2 aliphatic carbocycles. The lowest BCUT2D eigenvalue weighted by Crippen LogP contribution is -2.34. The molecule has 0 spiro atoms. The summed E-state index contributed by atoms with van der Waals surface area (Å²) in [6.45, 7) is 5.09. The van der Waals surface area contributed by atoms with Crippen LogP contribution in [0.1, 0.15) is 36.8 Å². The Balaban J connectivity index is 0.981. The van der Waals surface area contributed by atoms with Crippen molar-refractivity contribution < 1.29 is 0 Å². The zero-order valence-corrected chi connectivity index (χ0v) is 27.7. The Morgan fingerprint density at radius 2 is 1.33 bits per heavy atom. The van der Waals surface area contributed by atoms with Crippen molar-refractivity contribution in [1.82, 2.24) is 0 Å². The molecule has 5 heteroatoms. The van der Waals surface area contributed by atoms with Crippen LogP contribution >= 0.6 is 0 Å². The first-order valence-electron chi connectivity index (χ1n) is 17.1. The minimum absolute atomic E-state index is 0.103. The molecule has 4 aliphatic rings. The largest absolute Gasteiger partial charge is 0.687 e. The average molecular weight is 628 g/mol. The van der Waals surface area contributed by atoms with Gasteiger partial charge in [-0.3, -0.25) is 0 Å². The molecule has 0 aromatic heterocycles. The number of hydrogen-bond acceptors (Lipinski definition) is 3. The van der Waals surface area contributed by atoms with E-state index in [4.69, 9.17) is 10.6 Å². The number of rotatable bonds is 7. The van der Waals surface area contributed by atoms with Crippen LogP contribution in [-0.4, -0.2) is 18.8 Å². The molecule has 0 bridgehead atoms. The van der Waals surface area contributed by atoms with Crippen LogP contribution in [0.5, 0.6) is 0 Å². The maximum absolute atomic E-state index is 5.07. The van der Waals surface area contributed by atoms with Crippen LogP contribution in [0.15, 0.2) is 162 Å². The Kier molecular flexibility index (Phi) is 8.11. The number of aryl methyl sites for hydroxylation is 2. The molecule has 0 radical (unpaired) electrons. The number of fused-ring (bicyclic) bond motifs is 1. The van der Waals surface area contributed by atoms with E-state index in [2.05, 4.69) is 156 Å². The lowest BCUT2D eigenvalue weighted by atomic mass is 9.90. The molecule has 2 aliphatic heterocycles. The number of para-hydroxylation sites is 5. The minimum Gasteiger partial charge on any atom is -0.687 e. The summed E-state index contributed by atoms with van der Waals surface area (Å²) in [4.78, 5) is 4.86. The number of hydrogen-bond donors (Lipinski definition) is 1. The molecule has 2 unspecified atom stereocenters. The second-order valence-corrected chi connectivity index (χ2v) is 13.0. The standard InChI is InChI=1S/C43H41N5/c1-30-12-6-9-17-40(30)47(41-18-10-7-13-31(41)2)36-26-24-33(25-27-36)39-29-44-38(28-45-39)32-20-22-34(23-21-32)43-46-37-16-8-11-19-42(37)48(43)35-14-4-3-5-15-35/h3-20,22,24,26,29,38,43,46H,21,23,25,27-28H2,1-2H3/q-2. The number of benzene rings is 4. The van der Waals surface area contributed by atoms with Gasteiger partial charge in [0, 0.05) is 22.8 Å². The van der Waals surface area contributed by atoms with E-state index in [-0.39, 0.29) is 12.2 Å².